The average Bonchev–Trinajstić information content (AvgIpc) is 3.49. The molecule has 0 radical (unpaired) electrons. The zero-order valence-corrected chi connectivity index (χ0v) is 22.7. The summed E-state index contributed by atoms with van der Waals surface area (Å²) in [5, 5.41) is 23.8. The minimum atomic E-state index is -1.40. The second-order valence-corrected chi connectivity index (χ2v) is 11.2. The van der Waals surface area contributed by atoms with Crippen molar-refractivity contribution in [2.75, 3.05) is 63.7 Å². The summed E-state index contributed by atoms with van der Waals surface area (Å²) in [4.78, 5) is 21.5. The van der Waals surface area contributed by atoms with Gasteiger partial charge in [-0.25, -0.2) is 4.98 Å². The van der Waals surface area contributed by atoms with Gasteiger partial charge in [-0.3, -0.25) is 9.00 Å². The minimum Gasteiger partial charge on any atom is -0.507 e. The molecule has 2 saturated heterocycles. The molecular formula is C27H38N4O6S. The largest absolute Gasteiger partial charge is 0.507 e. The van der Waals surface area contributed by atoms with Crippen LogP contribution in [-0.2, 0) is 15.5 Å². The van der Waals surface area contributed by atoms with Crippen molar-refractivity contribution in [2.45, 2.75) is 42.7 Å². The molecule has 1 aromatic heterocycles. The lowest BCUT2D eigenvalue weighted by Gasteiger charge is -2.33. The molecule has 0 bridgehead atoms. The molecule has 1 aromatic carbocycles. The summed E-state index contributed by atoms with van der Waals surface area (Å²) < 4.78 is 23.0. The Labute approximate surface area is 226 Å². The predicted molar refractivity (Wildman–Crippen MR) is 145 cm³/mol. The molecule has 1 amide bonds. The molecule has 3 heterocycles. The fraction of sp³-hybridized carbons (Fsp3) is 0.556. The van der Waals surface area contributed by atoms with Crippen LogP contribution in [0.15, 0.2) is 41.4 Å². The van der Waals surface area contributed by atoms with Gasteiger partial charge >= 0.3 is 0 Å². The molecule has 2 aromatic rings. The molecule has 11 heteroatoms. The highest BCUT2D eigenvalue weighted by molar-refractivity contribution is 7.85. The molecule has 208 valence electrons. The van der Waals surface area contributed by atoms with E-state index in [1.54, 1.807) is 18.3 Å². The van der Waals surface area contributed by atoms with Crippen LogP contribution in [0.4, 0.5) is 5.82 Å². The number of nitrogens with zero attached hydrogens (tertiary/aromatic N) is 3. The number of aromatic nitrogens is 1. The van der Waals surface area contributed by atoms with Gasteiger partial charge in [0, 0.05) is 58.1 Å². The third-order valence-electron chi connectivity index (χ3n) is 6.94. The Bertz CT molecular complexity index is 1070. The van der Waals surface area contributed by atoms with Crippen LogP contribution in [0.25, 0.3) is 0 Å². The van der Waals surface area contributed by atoms with Gasteiger partial charge in [-0.1, -0.05) is 0 Å². The molecular weight excluding hydrogens is 508 g/mol. The Morgan fingerprint density at radius 1 is 1.18 bits per heavy atom. The highest BCUT2D eigenvalue weighted by atomic mass is 32.2. The maximum absolute atomic E-state index is 12.5. The number of pyridine rings is 1. The van der Waals surface area contributed by atoms with Crippen LogP contribution >= 0.6 is 0 Å². The molecule has 0 aliphatic carbocycles. The van der Waals surface area contributed by atoms with Crippen LogP contribution in [-0.4, -0.2) is 101 Å². The topological polar surface area (TPSA) is 124 Å². The van der Waals surface area contributed by atoms with Crippen LogP contribution in [0.5, 0.6) is 11.5 Å². The molecule has 0 spiro atoms. The summed E-state index contributed by atoms with van der Waals surface area (Å²) in [6, 6.07) is 8.66. The summed E-state index contributed by atoms with van der Waals surface area (Å²) in [5.41, 5.74) is 0.645. The molecule has 4 rings (SSSR count). The number of hydrogen-bond donors (Lipinski definition) is 3. The number of piperidine rings is 1. The zero-order chi connectivity index (χ0) is 26.9. The molecule has 38 heavy (non-hydrogen) atoms. The summed E-state index contributed by atoms with van der Waals surface area (Å²) in [6.45, 7) is 4.13. The van der Waals surface area contributed by atoms with Crippen molar-refractivity contribution in [1.82, 2.24) is 15.2 Å². The number of carbonyl (C=O) groups excluding carboxylic acids is 1. The molecule has 2 atom stereocenters. The molecule has 2 aliphatic rings. The summed E-state index contributed by atoms with van der Waals surface area (Å²) in [6.07, 6.45) is 4.94. The van der Waals surface area contributed by atoms with Gasteiger partial charge < -0.3 is 34.8 Å². The van der Waals surface area contributed by atoms with Crippen molar-refractivity contribution in [3.63, 3.8) is 0 Å². The molecule has 2 fully saturated rings. The van der Waals surface area contributed by atoms with E-state index in [2.05, 4.69) is 15.2 Å². The first-order valence-corrected chi connectivity index (χ1v) is 14.5. The van der Waals surface area contributed by atoms with Gasteiger partial charge in [0.05, 0.1) is 33.6 Å². The number of benzene rings is 1. The van der Waals surface area contributed by atoms with Crippen LogP contribution in [0.1, 0.15) is 36.0 Å². The number of nitrogens with one attached hydrogen (secondary N) is 1. The Morgan fingerprint density at radius 2 is 1.95 bits per heavy atom. The van der Waals surface area contributed by atoms with Gasteiger partial charge in [-0.05, 0) is 49.9 Å². The van der Waals surface area contributed by atoms with Gasteiger partial charge in [0.15, 0.2) is 0 Å². The number of hydrogen-bond acceptors (Lipinski definition) is 9. The minimum absolute atomic E-state index is 0.0537. The number of rotatable bonds is 12. The SMILES string of the molecule is COCCS(=O)c1cc(OCC(O)CNC2CCN(c3ccc(C(=O)N4CCCC4)cn3)CC2)ccc1O. The number of likely N-dealkylation sites (tertiary alicyclic amines) is 1. The van der Waals surface area contributed by atoms with E-state index >= 15 is 0 Å². The Kier molecular flexibility index (Phi) is 10.3. The van der Waals surface area contributed by atoms with E-state index < -0.39 is 16.9 Å². The number of aliphatic hydroxyl groups excluding tert-OH is 1. The third-order valence-corrected chi connectivity index (χ3v) is 8.30. The number of ether oxygens (including phenoxy) is 2. The van der Waals surface area contributed by atoms with Gasteiger partial charge in [0.25, 0.3) is 5.91 Å². The van der Waals surface area contributed by atoms with E-state index in [1.807, 2.05) is 17.0 Å². The lowest BCUT2D eigenvalue weighted by atomic mass is 10.0. The first-order chi connectivity index (χ1) is 18.4. The molecule has 2 unspecified atom stereocenters. The summed E-state index contributed by atoms with van der Waals surface area (Å²) in [5.74, 6) is 1.61. The fourth-order valence-electron chi connectivity index (χ4n) is 4.70. The Morgan fingerprint density at radius 3 is 2.63 bits per heavy atom. The Balaban J connectivity index is 1.17. The smallest absolute Gasteiger partial charge is 0.255 e. The summed E-state index contributed by atoms with van der Waals surface area (Å²) >= 11 is 0. The van der Waals surface area contributed by atoms with Crippen molar-refractivity contribution < 1.29 is 28.7 Å². The molecule has 10 nitrogen and oxygen atoms in total. The number of methoxy groups -OCH3 is 1. The first kappa shape index (κ1) is 28.3. The van der Waals surface area contributed by atoms with Crippen molar-refractivity contribution in [3.8, 4) is 11.5 Å². The van der Waals surface area contributed by atoms with Gasteiger partial charge in [0.2, 0.25) is 0 Å². The fourth-order valence-corrected chi connectivity index (χ4v) is 5.79. The van der Waals surface area contributed by atoms with Crippen LogP contribution < -0.4 is 15.0 Å². The quantitative estimate of drug-likeness (QED) is 0.365. The van der Waals surface area contributed by atoms with E-state index in [1.165, 1.54) is 13.2 Å². The maximum Gasteiger partial charge on any atom is 0.255 e. The lowest BCUT2D eigenvalue weighted by Crippen LogP contribution is -2.45. The maximum atomic E-state index is 12.5. The normalized spacial score (nSPS) is 17.9. The van der Waals surface area contributed by atoms with E-state index in [9.17, 15) is 19.2 Å². The Hall–Kier alpha value is -2.73. The summed E-state index contributed by atoms with van der Waals surface area (Å²) in [7, 11) is 0.130. The van der Waals surface area contributed by atoms with Crippen LogP contribution in [0, 0.1) is 0 Å². The van der Waals surface area contributed by atoms with Crippen molar-refractivity contribution in [3.05, 3.63) is 42.1 Å². The standard InChI is InChI=1S/C27H38N4O6S/c1-36-14-15-38(35)25-16-23(5-6-24(25)33)37-19-22(32)18-28-21-8-12-30(13-9-21)26-7-4-20(17-29-26)27(34)31-10-2-3-11-31/h4-7,16-17,21-22,28,32-33H,2-3,8-15,18-19H2,1H3. The molecule has 3 N–H and O–H groups in total. The number of amides is 1. The van der Waals surface area contributed by atoms with Gasteiger partial charge in [0.1, 0.15) is 30.0 Å². The number of aromatic hydroxyl groups is 1. The van der Waals surface area contributed by atoms with E-state index in [0.717, 1.165) is 57.7 Å². The zero-order valence-electron chi connectivity index (χ0n) is 21.9. The molecule has 0 saturated carbocycles. The number of phenolic OH excluding ortho intramolecular Hbond substituents is 1. The number of aliphatic hydroxyl groups is 1. The van der Waals surface area contributed by atoms with E-state index in [4.69, 9.17) is 9.47 Å². The third kappa shape index (κ3) is 7.66. The average molecular weight is 547 g/mol. The van der Waals surface area contributed by atoms with E-state index in [-0.39, 0.29) is 30.1 Å². The van der Waals surface area contributed by atoms with Crippen molar-refractivity contribution >= 4 is 22.5 Å². The highest BCUT2D eigenvalue weighted by Gasteiger charge is 2.23. The second-order valence-electron chi connectivity index (χ2n) is 9.71. The number of carbonyl (C=O) groups is 1. The number of phenols is 1. The van der Waals surface area contributed by atoms with Crippen LogP contribution in [0.3, 0.4) is 0 Å². The second kappa shape index (κ2) is 13.9. The molecule has 2 aliphatic heterocycles. The van der Waals surface area contributed by atoms with Gasteiger partial charge in [-0.2, -0.15) is 0 Å². The van der Waals surface area contributed by atoms with E-state index in [0.29, 0.717) is 29.4 Å². The van der Waals surface area contributed by atoms with Crippen molar-refractivity contribution in [1.29, 1.82) is 0 Å². The van der Waals surface area contributed by atoms with Crippen LogP contribution in [0.2, 0.25) is 0 Å². The van der Waals surface area contributed by atoms with Gasteiger partial charge in [-0.15, -0.1) is 0 Å². The monoisotopic (exact) mass is 546 g/mol. The number of anilines is 1. The van der Waals surface area contributed by atoms with Crippen molar-refractivity contribution in [2.24, 2.45) is 0 Å². The highest BCUT2D eigenvalue weighted by Crippen LogP contribution is 2.26. The predicted octanol–water partition coefficient (Wildman–Crippen LogP) is 1.78. The first-order valence-electron chi connectivity index (χ1n) is 13.2. The lowest BCUT2D eigenvalue weighted by molar-refractivity contribution is 0.0792.